The van der Waals surface area contributed by atoms with Crippen molar-refractivity contribution in [3.63, 3.8) is 0 Å². The van der Waals surface area contributed by atoms with Gasteiger partial charge >= 0.3 is 64.2 Å². The van der Waals surface area contributed by atoms with Crippen molar-refractivity contribution in [1.82, 2.24) is 0 Å². The Bertz CT molecular complexity index is 5550. The van der Waals surface area contributed by atoms with Crippen LogP contribution in [0.25, 0.3) is 0 Å². The molecule has 0 aromatic heterocycles. The predicted molar refractivity (Wildman–Crippen MR) is 502 cm³/mol. The standard InChI is InChI=1S/C29H28B6F2O9S.C29H22B6F2O9S.C23H20B6O9S.2CH4/c2*30-8-15-1-20(10-32)24(21(2-15)11-33)45-27(39)18-5-17(26(38)44-14-29(36,37)47(41,42)43)6-19(7-18)28(40)46-25-22(12-34)3-16(9-31)4-23(25)13-35;1-23(20(30)36-2-3-39(33,34)35,21(31)37-18-14(10-26)6-16(28)7-15(18)11-27)22(32)38-19-13(9-25)4-12(8-24)5-17(19)29;;/h1-4,17-19H,5-14H2,(H,41,42,43);1-7H,8-14H2,(H,41,42,43);4-7H,2-3,8-11H2,1H3,(H,33,34,35);2*1H4/p-3. The maximum atomic E-state index is 13.8. The summed E-state index contributed by atoms with van der Waals surface area (Å²) >= 11 is 0. The van der Waals surface area contributed by atoms with Gasteiger partial charge in [-0.05, 0) is 106 Å². The van der Waals surface area contributed by atoms with Gasteiger partial charge in [-0.15, -0.1) is 0 Å². The van der Waals surface area contributed by atoms with Crippen molar-refractivity contribution >= 4 is 236 Å². The zero-order chi connectivity index (χ0) is 99.8. The van der Waals surface area contributed by atoms with E-state index in [9.17, 15) is 99.6 Å². The number of ether oxygens (including phenoxy) is 9. The number of alkyl halides is 4. The average Bonchev–Trinajstić information content (AvgIpc) is 0.773. The molecule has 3 atom stereocenters. The molecular formula is C83H75B18F4O27S3-3. The summed E-state index contributed by atoms with van der Waals surface area (Å²) in [6.45, 7) is -4.32. The minimum Gasteiger partial charge on any atom is -0.748 e. The third kappa shape index (κ3) is 30.9. The fourth-order valence-corrected chi connectivity index (χ4v) is 13.8. The second kappa shape index (κ2) is 52.2. The summed E-state index contributed by atoms with van der Waals surface area (Å²) in [6.07, 6.45) is -1.25. The molecule has 0 bridgehead atoms. The molecule has 672 valence electrons. The lowest BCUT2D eigenvalue weighted by molar-refractivity contribution is -0.174. The molecule has 1 saturated carbocycles. The minimum absolute atomic E-state index is 0. The van der Waals surface area contributed by atoms with Crippen LogP contribution < -0.4 is 39.3 Å². The van der Waals surface area contributed by atoms with Gasteiger partial charge in [0.25, 0.3) is 5.41 Å². The minimum atomic E-state index is -6.19. The first-order chi connectivity index (χ1) is 62.4. The van der Waals surface area contributed by atoms with Gasteiger partial charge in [0, 0.05) is 0 Å². The molecule has 0 N–H and O–H groups in total. The highest BCUT2D eigenvalue weighted by Gasteiger charge is 2.55. The highest BCUT2D eigenvalue weighted by molar-refractivity contribution is 7.87. The van der Waals surface area contributed by atoms with Gasteiger partial charge in [0.2, 0.25) is 0 Å². The van der Waals surface area contributed by atoms with E-state index in [1.165, 1.54) is 24.3 Å². The van der Waals surface area contributed by atoms with Crippen LogP contribution in [0.1, 0.15) is 161 Å². The van der Waals surface area contributed by atoms with Crippen LogP contribution in [0.4, 0.5) is 17.6 Å². The van der Waals surface area contributed by atoms with Gasteiger partial charge in [-0.3, -0.25) is 19.2 Å². The van der Waals surface area contributed by atoms with Crippen LogP contribution >= 0.6 is 0 Å². The topological polar surface area (TPSA) is 408 Å². The van der Waals surface area contributed by atoms with Crippen LogP contribution in [-0.4, -0.2) is 270 Å². The van der Waals surface area contributed by atoms with Crippen molar-refractivity contribution in [3.05, 3.63) is 197 Å². The summed E-state index contributed by atoms with van der Waals surface area (Å²) in [6, 6.07) is 21.2. The predicted octanol–water partition coefficient (Wildman–Crippen LogP) is 1.18. The molecule has 8 rings (SSSR count). The number of rotatable bonds is 40. The Hall–Kier alpha value is -9.61. The molecule has 36 radical (unpaired) electrons. The molecule has 1 fully saturated rings. The zero-order valence-corrected chi connectivity index (χ0v) is 73.8. The second-order valence-corrected chi connectivity index (χ2v) is 34.0. The number of hydrogen-bond acceptors (Lipinski definition) is 27. The molecule has 7 aromatic rings. The lowest BCUT2D eigenvalue weighted by atomic mass is 9.75. The maximum absolute atomic E-state index is 13.8. The van der Waals surface area contributed by atoms with Crippen LogP contribution in [0.2, 0.25) is 0 Å². The molecule has 135 heavy (non-hydrogen) atoms. The normalized spacial score (nSPS) is 14.1. The Kier molecular flexibility index (Phi) is 45.5. The quantitative estimate of drug-likeness (QED) is 0.00989. The van der Waals surface area contributed by atoms with Crippen LogP contribution in [0, 0.1) is 23.2 Å². The lowest BCUT2D eigenvalue weighted by Gasteiger charge is -2.32. The van der Waals surface area contributed by atoms with Crippen molar-refractivity contribution in [1.29, 1.82) is 0 Å². The Morgan fingerprint density at radius 3 is 0.867 bits per heavy atom. The number of esters is 9. The Labute approximate surface area is 806 Å². The Morgan fingerprint density at radius 1 is 0.326 bits per heavy atom. The first-order valence-electron chi connectivity index (χ1n) is 39.7. The molecule has 0 spiro atoms. The van der Waals surface area contributed by atoms with Crippen LogP contribution in [-0.2, 0) is 174 Å². The van der Waals surface area contributed by atoms with Gasteiger partial charge in [0.05, 0.1) is 176 Å². The van der Waals surface area contributed by atoms with Crippen molar-refractivity contribution in [2.45, 2.75) is 153 Å². The molecule has 3 unspecified atom stereocenters. The fourth-order valence-electron chi connectivity index (χ4n) is 13.1. The number of hydrogen-bond donors (Lipinski definition) is 0. The number of carbonyl (C=O) groups excluding carboxylic acids is 9. The molecule has 1 aliphatic carbocycles. The van der Waals surface area contributed by atoms with E-state index in [4.69, 9.17) is 174 Å². The number of carbonyl (C=O) groups is 9. The van der Waals surface area contributed by atoms with Gasteiger partial charge in [-0.25, -0.2) is 49.2 Å². The summed E-state index contributed by atoms with van der Waals surface area (Å²) in [5.41, 5.74) is 2.69. The number of halogens is 4. The third-order valence-corrected chi connectivity index (χ3v) is 22.5. The maximum Gasteiger partial charge on any atom is 0.367 e. The highest BCUT2D eigenvalue weighted by atomic mass is 32.2. The van der Waals surface area contributed by atoms with Crippen molar-refractivity contribution in [2.75, 3.05) is 25.6 Å². The molecule has 7 aromatic carbocycles. The van der Waals surface area contributed by atoms with Crippen LogP contribution in [0.3, 0.4) is 0 Å². The summed E-state index contributed by atoms with van der Waals surface area (Å²) < 4.78 is 200. The molecule has 0 heterocycles. The lowest BCUT2D eigenvalue weighted by Crippen LogP contribution is -2.50. The monoisotopic (exact) mass is 1870 g/mol. The fraction of sp³-hybridized carbons (Fsp3) is 0.386. The average molecular weight is 1870 g/mol. The van der Waals surface area contributed by atoms with E-state index in [-0.39, 0.29) is 197 Å². The molecule has 27 nitrogen and oxygen atoms in total. The van der Waals surface area contributed by atoms with Crippen molar-refractivity contribution in [3.8, 4) is 34.5 Å². The van der Waals surface area contributed by atoms with E-state index in [0.29, 0.717) is 72.3 Å². The molecule has 0 amide bonds. The number of benzene rings is 7. The van der Waals surface area contributed by atoms with E-state index < -0.39 is 160 Å². The van der Waals surface area contributed by atoms with Crippen LogP contribution in [0.5, 0.6) is 34.5 Å². The smallest absolute Gasteiger partial charge is 0.367 e. The van der Waals surface area contributed by atoms with Crippen molar-refractivity contribution in [2.24, 2.45) is 23.2 Å². The summed E-state index contributed by atoms with van der Waals surface area (Å²) in [7, 11) is 87.2. The Morgan fingerprint density at radius 2 is 0.578 bits per heavy atom. The van der Waals surface area contributed by atoms with Gasteiger partial charge in [0.1, 0.15) is 56.8 Å². The Balaban J connectivity index is 0.000000422. The van der Waals surface area contributed by atoms with E-state index in [1.54, 1.807) is 48.5 Å². The largest absolute Gasteiger partial charge is 0.748 e. The van der Waals surface area contributed by atoms with Gasteiger partial charge < -0.3 is 56.3 Å². The second-order valence-electron chi connectivity index (χ2n) is 29.5. The summed E-state index contributed by atoms with van der Waals surface area (Å²) in [4.78, 5) is 120. The van der Waals surface area contributed by atoms with E-state index in [1.807, 2.05) is 0 Å². The SMILES string of the molecule is C.C.[B]Cc1cc(C[B])c(OC(=O)C2CC(C(=O)OCC(F)(F)S(=O)(=O)[O-])CC(C(=O)Oc3c(C[B])cc(C[B])cc3C[B])C2)c(C[B])c1.[B]Cc1cc(C[B])c(OC(=O)c2cc(C(=O)OCC(F)(F)S(=O)(=O)[O-])cc(C(=O)Oc3c(C[B])cc(C[B])cc3C[B])c2)c(C[B])c1.[B]Cc1cc([B])c(OC(=O)C(C)(C(=O)OCCS(=O)(=O)[O-])C(=O)Oc2c(C[B])cc([B])cc2C[B])c(C[B])c1. The summed E-state index contributed by atoms with van der Waals surface area (Å²) in [5.74, 6) is -16.8. The third-order valence-electron chi connectivity index (χ3n) is 20.1. The first kappa shape index (κ1) is 118. The molecule has 0 saturated heterocycles. The molecular weight excluding hydrogens is 1800 g/mol. The highest BCUT2D eigenvalue weighted by Crippen LogP contribution is 2.41. The van der Waals surface area contributed by atoms with E-state index in [0.717, 1.165) is 25.1 Å². The molecule has 52 heteroatoms. The van der Waals surface area contributed by atoms with Crippen molar-refractivity contribution < 1.29 is 142 Å². The van der Waals surface area contributed by atoms with Gasteiger partial charge in [0.15, 0.2) is 33.5 Å². The van der Waals surface area contributed by atoms with Gasteiger partial charge in [-0.2, -0.15) is 17.6 Å². The zero-order valence-electron chi connectivity index (χ0n) is 71.3. The summed E-state index contributed by atoms with van der Waals surface area (Å²) in [5, 5.41) is -9.88. The molecule has 0 aliphatic heterocycles. The first-order valence-corrected chi connectivity index (χ1v) is 44.1. The van der Waals surface area contributed by atoms with Gasteiger partial charge in [-0.1, -0.05) is 228 Å². The van der Waals surface area contributed by atoms with E-state index >= 15 is 0 Å². The van der Waals surface area contributed by atoms with Crippen LogP contribution in [0.15, 0.2) is 91.0 Å². The molecule has 1 aliphatic rings. The van der Waals surface area contributed by atoms with E-state index in [2.05, 4.69) is 9.47 Å².